The minimum atomic E-state index is 0.736. The summed E-state index contributed by atoms with van der Waals surface area (Å²) < 4.78 is 2.05. The van der Waals surface area contributed by atoms with Crippen molar-refractivity contribution in [2.75, 3.05) is 13.1 Å². The zero-order valence-corrected chi connectivity index (χ0v) is 12.0. The lowest BCUT2D eigenvalue weighted by Gasteiger charge is -2.01. The minimum absolute atomic E-state index is 0.736. The molecule has 0 fully saturated rings. The molecule has 2 aromatic rings. The summed E-state index contributed by atoms with van der Waals surface area (Å²) in [6, 6.07) is 12.5. The first-order valence-corrected chi connectivity index (χ1v) is 6.94. The van der Waals surface area contributed by atoms with Gasteiger partial charge in [-0.15, -0.1) is 0 Å². The molecule has 0 spiro atoms. The normalized spacial score (nSPS) is 14.0. The molecule has 1 aromatic heterocycles. The van der Waals surface area contributed by atoms with Gasteiger partial charge in [-0.2, -0.15) is 5.10 Å². The standard InChI is InChI=1S/C16H18N5/c1-21-10-2-3-15(12-21)14-6-4-13(5-7-14)11-19-20-16-17-8-9-18-16/h2-7,10-12H,8-9H2,1H3,(H2,17,18,20)/q+1/b19-11+. The molecule has 0 atom stereocenters. The predicted octanol–water partition coefficient (Wildman–Crippen LogP) is 1.06. The van der Waals surface area contributed by atoms with E-state index in [0.717, 1.165) is 24.6 Å². The Kier molecular flexibility index (Phi) is 3.91. The smallest absolute Gasteiger partial charge is 0.212 e. The molecular formula is C16H18N5+. The summed E-state index contributed by atoms with van der Waals surface area (Å²) in [4.78, 5) is 4.21. The number of rotatable bonds is 3. The highest BCUT2D eigenvalue weighted by molar-refractivity contribution is 5.85. The molecule has 0 radical (unpaired) electrons. The average molecular weight is 280 g/mol. The van der Waals surface area contributed by atoms with Crippen LogP contribution in [0.2, 0.25) is 0 Å². The number of guanidine groups is 1. The summed E-state index contributed by atoms with van der Waals surface area (Å²) >= 11 is 0. The van der Waals surface area contributed by atoms with Crippen molar-refractivity contribution in [3.8, 4) is 11.1 Å². The van der Waals surface area contributed by atoms with E-state index in [1.54, 1.807) is 6.21 Å². The number of hydrazone groups is 1. The average Bonchev–Trinajstić information content (AvgIpc) is 3.01. The van der Waals surface area contributed by atoms with E-state index in [1.807, 2.05) is 23.9 Å². The monoisotopic (exact) mass is 280 g/mol. The van der Waals surface area contributed by atoms with E-state index in [4.69, 9.17) is 0 Å². The van der Waals surface area contributed by atoms with Gasteiger partial charge in [-0.3, -0.25) is 0 Å². The van der Waals surface area contributed by atoms with Gasteiger partial charge in [0.05, 0.1) is 12.8 Å². The van der Waals surface area contributed by atoms with Crippen molar-refractivity contribution < 1.29 is 4.57 Å². The second-order valence-electron chi connectivity index (χ2n) is 4.91. The van der Waals surface area contributed by atoms with Crippen LogP contribution in [0.1, 0.15) is 5.56 Å². The van der Waals surface area contributed by atoms with Gasteiger partial charge in [0.2, 0.25) is 5.96 Å². The molecule has 2 heterocycles. The van der Waals surface area contributed by atoms with E-state index in [2.05, 4.69) is 57.4 Å². The molecule has 0 amide bonds. The maximum atomic E-state index is 4.21. The molecule has 106 valence electrons. The number of aromatic nitrogens is 1. The van der Waals surface area contributed by atoms with Crippen LogP contribution in [0.4, 0.5) is 0 Å². The lowest BCUT2D eigenvalue weighted by Crippen LogP contribution is -2.30. The number of hydrogen-bond acceptors (Lipinski definition) is 4. The van der Waals surface area contributed by atoms with Gasteiger partial charge < -0.3 is 5.32 Å². The second-order valence-corrected chi connectivity index (χ2v) is 4.91. The van der Waals surface area contributed by atoms with Crippen LogP contribution in [0, 0.1) is 0 Å². The molecule has 2 N–H and O–H groups in total. The third kappa shape index (κ3) is 3.45. The molecule has 5 heteroatoms. The third-order valence-electron chi connectivity index (χ3n) is 3.24. The fraction of sp³-hybridized carbons (Fsp3) is 0.188. The molecule has 0 aliphatic carbocycles. The third-order valence-corrected chi connectivity index (χ3v) is 3.24. The van der Waals surface area contributed by atoms with Gasteiger partial charge in [-0.25, -0.2) is 15.0 Å². The molecular weight excluding hydrogens is 262 g/mol. The van der Waals surface area contributed by atoms with Crippen LogP contribution in [-0.4, -0.2) is 25.3 Å². The van der Waals surface area contributed by atoms with Crippen molar-refractivity contribution in [3.63, 3.8) is 0 Å². The largest absolute Gasteiger partial charge is 0.353 e. The Bertz CT molecular complexity index is 673. The van der Waals surface area contributed by atoms with Crippen molar-refractivity contribution in [2.45, 2.75) is 0 Å². The van der Waals surface area contributed by atoms with Gasteiger partial charge in [0.25, 0.3) is 0 Å². The number of aliphatic imine (C=N–C) groups is 1. The van der Waals surface area contributed by atoms with Gasteiger partial charge in [0.15, 0.2) is 12.4 Å². The van der Waals surface area contributed by atoms with E-state index < -0.39 is 0 Å². The Morgan fingerprint density at radius 3 is 2.81 bits per heavy atom. The van der Waals surface area contributed by atoms with Crippen LogP contribution in [0.15, 0.2) is 58.9 Å². The van der Waals surface area contributed by atoms with E-state index in [-0.39, 0.29) is 0 Å². The van der Waals surface area contributed by atoms with E-state index in [1.165, 1.54) is 11.1 Å². The maximum absolute atomic E-state index is 4.21. The van der Waals surface area contributed by atoms with Crippen molar-refractivity contribution >= 4 is 12.2 Å². The molecule has 3 rings (SSSR count). The van der Waals surface area contributed by atoms with Gasteiger partial charge >= 0.3 is 0 Å². The molecule has 0 saturated carbocycles. The Balaban J connectivity index is 1.67. The number of nitrogens with zero attached hydrogens (tertiary/aromatic N) is 3. The Morgan fingerprint density at radius 2 is 2.10 bits per heavy atom. The van der Waals surface area contributed by atoms with Crippen LogP contribution in [-0.2, 0) is 7.05 Å². The highest BCUT2D eigenvalue weighted by Gasteiger charge is 2.02. The first-order valence-electron chi connectivity index (χ1n) is 6.94. The number of pyridine rings is 1. The minimum Gasteiger partial charge on any atom is -0.353 e. The first kappa shape index (κ1) is 13.3. The number of aryl methyl sites for hydroxylation is 1. The number of benzene rings is 1. The molecule has 21 heavy (non-hydrogen) atoms. The zero-order valence-electron chi connectivity index (χ0n) is 12.0. The Labute approximate surface area is 124 Å². The SMILES string of the molecule is C[n+]1cccc(-c2ccc(/C=N/NC3=NCCN3)cc2)c1. The van der Waals surface area contributed by atoms with Gasteiger partial charge in [-0.1, -0.05) is 24.3 Å². The highest BCUT2D eigenvalue weighted by atomic mass is 15.4. The first-order chi connectivity index (χ1) is 10.3. The predicted molar refractivity (Wildman–Crippen MR) is 84.1 cm³/mol. The molecule has 0 bridgehead atoms. The van der Waals surface area contributed by atoms with Gasteiger partial charge in [0, 0.05) is 18.2 Å². The van der Waals surface area contributed by atoms with Crippen LogP contribution >= 0.6 is 0 Å². The molecule has 1 aromatic carbocycles. The second kappa shape index (κ2) is 6.17. The van der Waals surface area contributed by atoms with Gasteiger partial charge in [-0.05, 0) is 17.2 Å². The van der Waals surface area contributed by atoms with E-state index in [9.17, 15) is 0 Å². The van der Waals surface area contributed by atoms with E-state index >= 15 is 0 Å². The Hall–Kier alpha value is -2.69. The van der Waals surface area contributed by atoms with Crippen LogP contribution in [0.25, 0.3) is 11.1 Å². The zero-order chi connectivity index (χ0) is 14.5. The summed E-state index contributed by atoms with van der Waals surface area (Å²) in [7, 11) is 2.02. The summed E-state index contributed by atoms with van der Waals surface area (Å²) in [6.45, 7) is 1.68. The van der Waals surface area contributed by atoms with Crippen molar-refractivity contribution in [3.05, 3.63) is 54.4 Å². The Morgan fingerprint density at radius 1 is 1.24 bits per heavy atom. The van der Waals surface area contributed by atoms with E-state index in [0.29, 0.717) is 0 Å². The summed E-state index contributed by atoms with van der Waals surface area (Å²) in [5, 5.41) is 7.27. The van der Waals surface area contributed by atoms with Crippen LogP contribution < -0.4 is 15.3 Å². The van der Waals surface area contributed by atoms with Crippen molar-refractivity contribution in [2.24, 2.45) is 17.1 Å². The quantitative estimate of drug-likeness (QED) is 0.502. The summed E-state index contributed by atoms with van der Waals surface area (Å²) in [5.74, 6) is 0.736. The number of nitrogens with one attached hydrogen (secondary N) is 2. The maximum Gasteiger partial charge on any atom is 0.212 e. The van der Waals surface area contributed by atoms with Crippen molar-refractivity contribution in [1.82, 2.24) is 10.7 Å². The molecule has 1 aliphatic heterocycles. The summed E-state index contributed by atoms with van der Waals surface area (Å²) in [5.41, 5.74) is 6.33. The fourth-order valence-electron chi connectivity index (χ4n) is 2.16. The van der Waals surface area contributed by atoms with Crippen LogP contribution in [0.5, 0.6) is 0 Å². The topological polar surface area (TPSA) is 52.7 Å². The molecule has 0 saturated heterocycles. The molecule has 5 nitrogen and oxygen atoms in total. The fourth-order valence-corrected chi connectivity index (χ4v) is 2.16. The number of hydrogen-bond donors (Lipinski definition) is 2. The summed E-state index contributed by atoms with van der Waals surface area (Å²) in [6.07, 6.45) is 5.92. The van der Waals surface area contributed by atoms with Crippen LogP contribution in [0.3, 0.4) is 0 Å². The molecule has 1 aliphatic rings. The highest BCUT2D eigenvalue weighted by Crippen LogP contribution is 2.17. The lowest BCUT2D eigenvalue weighted by molar-refractivity contribution is -0.671. The lowest BCUT2D eigenvalue weighted by atomic mass is 10.1. The van der Waals surface area contributed by atoms with Gasteiger partial charge in [0.1, 0.15) is 7.05 Å². The van der Waals surface area contributed by atoms with Crippen molar-refractivity contribution in [1.29, 1.82) is 0 Å². The molecule has 0 unspecified atom stereocenters.